The van der Waals surface area contributed by atoms with Crippen molar-refractivity contribution in [3.8, 4) is 5.75 Å². The van der Waals surface area contributed by atoms with Crippen LogP contribution in [0.2, 0.25) is 0 Å². The number of hydrogen-bond acceptors (Lipinski definition) is 3. The van der Waals surface area contributed by atoms with E-state index in [2.05, 4.69) is 12.2 Å². The number of likely N-dealkylation sites (tertiary alicyclic amines) is 1. The molecule has 0 unspecified atom stereocenters. The highest BCUT2D eigenvalue weighted by molar-refractivity contribution is 5.85. The first-order valence-electron chi connectivity index (χ1n) is 10.4. The van der Waals surface area contributed by atoms with Gasteiger partial charge in [0.1, 0.15) is 5.75 Å². The van der Waals surface area contributed by atoms with Gasteiger partial charge in [-0.1, -0.05) is 44.4 Å². The topological polar surface area (TPSA) is 58.6 Å². The van der Waals surface area contributed by atoms with Crippen LogP contribution in [0.4, 0.5) is 0 Å². The van der Waals surface area contributed by atoms with Crippen molar-refractivity contribution in [1.29, 1.82) is 0 Å². The van der Waals surface area contributed by atoms with Gasteiger partial charge in [0.2, 0.25) is 11.8 Å². The Hall–Kier alpha value is -2.04. The number of nitrogens with one attached hydrogen (secondary N) is 1. The van der Waals surface area contributed by atoms with Gasteiger partial charge in [-0.2, -0.15) is 0 Å². The average molecular weight is 373 g/mol. The number of unbranched alkanes of at least 4 members (excludes halogenated alkanes) is 1. The van der Waals surface area contributed by atoms with Crippen LogP contribution in [0.15, 0.2) is 24.3 Å². The quantitative estimate of drug-likeness (QED) is 0.791. The molecule has 148 valence electrons. The third kappa shape index (κ3) is 4.45. The minimum atomic E-state index is -0.254. The number of ether oxygens (including phenoxy) is 1. The summed E-state index contributed by atoms with van der Waals surface area (Å²) in [6.07, 6.45) is 7.50. The van der Waals surface area contributed by atoms with E-state index in [1.54, 1.807) is 7.11 Å². The van der Waals surface area contributed by atoms with Crippen molar-refractivity contribution in [3.63, 3.8) is 0 Å². The minimum Gasteiger partial charge on any atom is -0.496 e. The van der Waals surface area contributed by atoms with Gasteiger partial charge in [-0.3, -0.25) is 9.59 Å². The Kier molecular flexibility index (Phi) is 6.75. The number of hydrogen-bond donors (Lipinski definition) is 1. The molecule has 1 aromatic rings. The lowest BCUT2D eigenvalue weighted by molar-refractivity contribution is -0.143. The molecule has 27 heavy (non-hydrogen) atoms. The maximum Gasteiger partial charge on any atom is 0.225 e. The zero-order chi connectivity index (χ0) is 19.2. The Morgan fingerprint density at radius 1 is 1.22 bits per heavy atom. The summed E-state index contributed by atoms with van der Waals surface area (Å²) >= 11 is 0. The molecule has 3 rings (SSSR count). The van der Waals surface area contributed by atoms with Crippen molar-refractivity contribution in [2.24, 2.45) is 5.92 Å². The molecule has 0 bridgehead atoms. The molecule has 1 saturated carbocycles. The van der Waals surface area contributed by atoms with Gasteiger partial charge in [0.25, 0.3) is 0 Å². The molecule has 1 aliphatic carbocycles. The largest absolute Gasteiger partial charge is 0.496 e. The number of methoxy groups -OCH3 is 1. The van der Waals surface area contributed by atoms with Gasteiger partial charge in [-0.05, 0) is 31.7 Å². The summed E-state index contributed by atoms with van der Waals surface area (Å²) in [7, 11) is 1.65. The van der Waals surface area contributed by atoms with Crippen LogP contribution in [0.25, 0.3) is 0 Å². The van der Waals surface area contributed by atoms with E-state index in [0.717, 1.165) is 37.0 Å². The van der Waals surface area contributed by atoms with Crippen LogP contribution in [0.3, 0.4) is 0 Å². The Morgan fingerprint density at radius 2 is 1.96 bits per heavy atom. The normalized spacial score (nSPS) is 23.5. The fourth-order valence-corrected chi connectivity index (χ4v) is 4.49. The molecule has 1 saturated heterocycles. The van der Waals surface area contributed by atoms with Crippen LogP contribution >= 0.6 is 0 Å². The maximum absolute atomic E-state index is 13.2. The summed E-state index contributed by atoms with van der Waals surface area (Å²) < 4.78 is 5.58. The van der Waals surface area contributed by atoms with Crippen molar-refractivity contribution >= 4 is 11.8 Å². The molecule has 0 aromatic heterocycles. The molecule has 0 radical (unpaired) electrons. The number of amides is 2. The lowest BCUT2D eigenvalue weighted by Gasteiger charge is -2.41. The highest BCUT2D eigenvalue weighted by atomic mass is 16.5. The SMILES string of the molecule is CCCCN1C(=O)CC[C@H](C(=O)NC2CCCC2)[C@@H]1c1ccccc1OC. The molecule has 1 aliphatic heterocycles. The van der Waals surface area contributed by atoms with Crippen LogP contribution in [0.1, 0.15) is 69.9 Å². The van der Waals surface area contributed by atoms with Crippen LogP contribution in [-0.4, -0.2) is 36.4 Å². The highest BCUT2D eigenvalue weighted by Gasteiger charge is 2.42. The van der Waals surface area contributed by atoms with E-state index in [1.807, 2.05) is 29.2 Å². The molecule has 0 spiro atoms. The highest BCUT2D eigenvalue weighted by Crippen LogP contribution is 2.41. The molecule has 2 aliphatic rings. The number of nitrogens with zero attached hydrogens (tertiary/aromatic N) is 1. The summed E-state index contributed by atoms with van der Waals surface area (Å²) in [5, 5.41) is 3.26. The lowest BCUT2D eigenvalue weighted by Crippen LogP contribution is -2.49. The van der Waals surface area contributed by atoms with Crippen LogP contribution < -0.4 is 10.1 Å². The van der Waals surface area contributed by atoms with Crippen molar-refractivity contribution in [3.05, 3.63) is 29.8 Å². The first kappa shape index (κ1) is 19.7. The van der Waals surface area contributed by atoms with Gasteiger partial charge >= 0.3 is 0 Å². The van der Waals surface area contributed by atoms with Gasteiger partial charge in [0.05, 0.1) is 19.1 Å². The Morgan fingerprint density at radius 3 is 2.67 bits per heavy atom. The van der Waals surface area contributed by atoms with Gasteiger partial charge in [-0.15, -0.1) is 0 Å². The molecular weight excluding hydrogens is 340 g/mol. The monoisotopic (exact) mass is 372 g/mol. The zero-order valence-corrected chi connectivity index (χ0v) is 16.6. The van der Waals surface area contributed by atoms with Gasteiger partial charge in [-0.25, -0.2) is 0 Å². The summed E-state index contributed by atoms with van der Waals surface area (Å²) in [6, 6.07) is 7.83. The Balaban J connectivity index is 1.91. The second-order valence-corrected chi connectivity index (χ2v) is 7.76. The zero-order valence-electron chi connectivity index (χ0n) is 16.6. The number of carbonyl (C=O) groups is 2. The van der Waals surface area contributed by atoms with E-state index in [0.29, 0.717) is 19.4 Å². The van der Waals surface area contributed by atoms with Crippen molar-refractivity contribution in [2.75, 3.05) is 13.7 Å². The summed E-state index contributed by atoms with van der Waals surface area (Å²) in [5.41, 5.74) is 0.940. The summed E-state index contributed by atoms with van der Waals surface area (Å²) in [6.45, 7) is 2.81. The van der Waals surface area contributed by atoms with Crippen LogP contribution in [0, 0.1) is 5.92 Å². The first-order valence-corrected chi connectivity index (χ1v) is 10.4. The molecule has 2 fully saturated rings. The van der Waals surface area contributed by atoms with Crippen LogP contribution in [-0.2, 0) is 9.59 Å². The standard InChI is InChI=1S/C22H32N2O3/c1-3-4-15-24-20(25)14-13-18(22(26)23-16-9-5-6-10-16)21(24)17-11-7-8-12-19(17)27-2/h7-8,11-12,16,18,21H,3-6,9-10,13-15H2,1-2H3,(H,23,26)/t18-,21-/m0/s1. The van der Waals surface area contributed by atoms with E-state index in [-0.39, 0.29) is 29.8 Å². The van der Waals surface area contributed by atoms with Crippen molar-refractivity contribution < 1.29 is 14.3 Å². The molecule has 5 heteroatoms. The summed E-state index contributed by atoms with van der Waals surface area (Å²) in [5.74, 6) is 0.755. The van der Waals surface area contributed by atoms with E-state index in [1.165, 1.54) is 12.8 Å². The van der Waals surface area contributed by atoms with E-state index in [9.17, 15) is 9.59 Å². The number of piperidine rings is 1. The average Bonchev–Trinajstić information content (AvgIpc) is 3.19. The maximum atomic E-state index is 13.2. The van der Waals surface area contributed by atoms with E-state index >= 15 is 0 Å². The predicted octanol–water partition coefficient (Wildman–Crippen LogP) is 3.83. The van der Waals surface area contributed by atoms with Gasteiger partial charge in [0.15, 0.2) is 0 Å². The third-order valence-electron chi connectivity index (χ3n) is 5.95. The second-order valence-electron chi connectivity index (χ2n) is 7.76. The lowest BCUT2D eigenvalue weighted by atomic mass is 9.82. The third-order valence-corrected chi connectivity index (χ3v) is 5.95. The Labute approximate surface area is 162 Å². The first-order chi connectivity index (χ1) is 13.2. The molecule has 2 atom stereocenters. The number of para-hydroxylation sites is 1. The number of rotatable bonds is 7. The minimum absolute atomic E-state index is 0.0896. The van der Waals surface area contributed by atoms with E-state index in [4.69, 9.17) is 4.74 Å². The molecule has 5 nitrogen and oxygen atoms in total. The molecule has 2 amide bonds. The molecule has 1 aromatic carbocycles. The van der Waals surface area contributed by atoms with Crippen molar-refractivity contribution in [1.82, 2.24) is 10.2 Å². The fraction of sp³-hybridized carbons (Fsp3) is 0.636. The molecule has 1 N–H and O–H groups in total. The predicted molar refractivity (Wildman–Crippen MR) is 105 cm³/mol. The fourth-order valence-electron chi connectivity index (χ4n) is 4.49. The number of benzene rings is 1. The molecule has 1 heterocycles. The Bertz CT molecular complexity index is 655. The van der Waals surface area contributed by atoms with E-state index < -0.39 is 0 Å². The summed E-state index contributed by atoms with van der Waals surface area (Å²) in [4.78, 5) is 27.8. The molecular formula is C22H32N2O3. The smallest absolute Gasteiger partial charge is 0.225 e. The van der Waals surface area contributed by atoms with Crippen LogP contribution in [0.5, 0.6) is 5.75 Å². The van der Waals surface area contributed by atoms with Gasteiger partial charge < -0.3 is 15.0 Å². The van der Waals surface area contributed by atoms with Crippen molar-refractivity contribution in [2.45, 2.75) is 70.4 Å². The number of carbonyl (C=O) groups excluding carboxylic acids is 2. The van der Waals surface area contributed by atoms with Gasteiger partial charge in [0, 0.05) is 24.6 Å². The second kappa shape index (κ2) is 9.25.